The average Bonchev–Trinajstić information content (AvgIpc) is 3.34. The molecule has 2 saturated heterocycles. The van der Waals surface area contributed by atoms with Crippen molar-refractivity contribution in [3.8, 4) is 0 Å². The van der Waals surface area contributed by atoms with E-state index in [1.807, 2.05) is 36.4 Å². The third-order valence-corrected chi connectivity index (χ3v) is 7.14. The Morgan fingerprint density at radius 2 is 1.91 bits per heavy atom. The van der Waals surface area contributed by atoms with E-state index >= 15 is 0 Å². The van der Waals surface area contributed by atoms with Gasteiger partial charge in [0, 0.05) is 35.3 Å². The number of aromatic amines is 1. The summed E-state index contributed by atoms with van der Waals surface area (Å²) in [6, 6.07) is 12.2. The number of anilines is 2. The smallest absolute Gasteiger partial charge is 0.319 e. The van der Waals surface area contributed by atoms with Crippen molar-refractivity contribution in [1.29, 1.82) is 0 Å². The Balaban J connectivity index is 1.32. The van der Waals surface area contributed by atoms with Crippen molar-refractivity contribution in [2.75, 3.05) is 10.2 Å². The number of urea groups is 1. The second-order valence-corrected chi connectivity index (χ2v) is 10.8. The molecule has 2 aliphatic heterocycles. The molecule has 0 aliphatic carbocycles. The zero-order valence-electron chi connectivity index (χ0n) is 17.4. The minimum Gasteiger partial charge on any atom is -0.365 e. The standard InChI is InChI=1S/C23H24Cl3N5O/c24-23(25,26)18-11-14(7-10-21(18)31-15-3-1-4-16(31)9-8-15)12-27-22(32)29-19-5-2-6-20-17(19)13-28-30-20/h2,5-7,10-11,13,15-16H,1,3-4,8-9,12H2,(H,28,30)(H2,27,29,32). The SMILES string of the molecule is O=C(NCc1ccc(N2C3CCCC2CC3)c(C(Cl)(Cl)Cl)c1)Nc1cccc2[nH]ncc12. The number of halogens is 3. The monoisotopic (exact) mass is 491 g/mol. The molecule has 2 aliphatic rings. The molecule has 6 nitrogen and oxygen atoms in total. The Labute approximate surface area is 201 Å². The molecule has 2 unspecified atom stereocenters. The summed E-state index contributed by atoms with van der Waals surface area (Å²) >= 11 is 19.1. The van der Waals surface area contributed by atoms with E-state index in [9.17, 15) is 4.79 Å². The number of nitrogens with one attached hydrogen (secondary N) is 3. The molecule has 0 spiro atoms. The normalized spacial score (nSPS) is 20.5. The number of rotatable bonds is 4. The number of piperidine rings is 1. The first-order chi connectivity index (χ1) is 15.4. The quantitative estimate of drug-likeness (QED) is 0.378. The summed E-state index contributed by atoms with van der Waals surface area (Å²) in [5, 5.41) is 13.5. The molecule has 1 aromatic heterocycles. The highest BCUT2D eigenvalue weighted by atomic mass is 35.6. The maximum absolute atomic E-state index is 12.5. The number of aromatic nitrogens is 2. The molecule has 2 aromatic carbocycles. The first-order valence-corrected chi connectivity index (χ1v) is 12.0. The van der Waals surface area contributed by atoms with E-state index in [-0.39, 0.29) is 6.03 Å². The lowest BCUT2D eigenvalue weighted by Gasteiger charge is -2.39. The summed E-state index contributed by atoms with van der Waals surface area (Å²) in [5.74, 6) is 0. The van der Waals surface area contributed by atoms with Crippen LogP contribution in [-0.2, 0) is 10.3 Å². The highest BCUT2D eigenvalue weighted by Crippen LogP contribution is 2.48. The van der Waals surface area contributed by atoms with Crippen molar-refractivity contribution in [2.45, 2.75) is 54.5 Å². The molecule has 2 atom stereocenters. The first kappa shape index (κ1) is 21.7. The van der Waals surface area contributed by atoms with Crippen LogP contribution in [0.5, 0.6) is 0 Å². The van der Waals surface area contributed by atoms with Crippen LogP contribution in [0.25, 0.3) is 10.9 Å². The van der Waals surface area contributed by atoms with E-state index in [4.69, 9.17) is 34.8 Å². The third kappa shape index (κ3) is 4.24. The van der Waals surface area contributed by atoms with Crippen molar-refractivity contribution in [1.82, 2.24) is 15.5 Å². The van der Waals surface area contributed by atoms with Gasteiger partial charge in [0.25, 0.3) is 0 Å². The van der Waals surface area contributed by atoms with Crippen LogP contribution in [0.2, 0.25) is 0 Å². The van der Waals surface area contributed by atoms with Crippen molar-refractivity contribution >= 4 is 63.1 Å². The number of hydrogen-bond donors (Lipinski definition) is 3. The predicted molar refractivity (Wildman–Crippen MR) is 131 cm³/mol. The second-order valence-electron chi connectivity index (χ2n) is 8.52. The molecule has 2 bridgehead atoms. The third-order valence-electron chi connectivity index (χ3n) is 6.53. The number of benzene rings is 2. The van der Waals surface area contributed by atoms with Gasteiger partial charge >= 0.3 is 6.03 Å². The van der Waals surface area contributed by atoms with E-state index in [0.29, 0.717) is 29.9 Å². The van der Waals surface area contributed by atoms with Crippen LogP contribution >= 0.6 is 34.8 Å². The van der Waals surface area contributed by atoms with Gasteiger partial charge < -0.3 is 15.5 Å². The topological polar surface area (TPSA) is 73.1 Å². The van der Waals surface area contributed by atoms with E-state index < -0.39 is 3.79 Å². The Kier molecular flexibility index (Phi) is 5.86. The molecular weight excluding hydrogens is 469 g/mol. The van der Waals surface area contributed by atoms with E-state index in [2.05, 4.69) is 25.7 Å². The minimum absolute atomic E-state index is 0.313. The van der Waals surface area contributed by atoms with Crippen LogP contribution in [0.3, 0.4) is 0 Å². The van der Waals surface area contributed by atoms with Crippen LogP contribution in [0, 0.1) is 0 Å². The van der Waals surface area contributed by atoms with Crippen molar-refractivity contribution in [3.63, 3.8) is 0 Å². The van der Waals surface area contributed by atoms with Gasteiger partial charge in [0.15, 0.2) is 0 Å². The van der Waals surface area contributed by atoms with Gasteiger partial charge in [-0.15, -0.1) is 0 Å². The van der Waals surface area contributed by atoms with Gasteiger partial charge in [0.05, 0.1) is 17.4 Å². The molecule has 0 radical (unpaired) electrons. The summed E-state index contributed by atoms with van der Waals surface area (Å²) < 4.78 is -1.54. The number of hydrogen-bond acceptors (Lipinski definition) is 3. The lowest BCUT2D eigenvalue weighted by atomic mass is 9.99. The zero-order valence-corrected chi connectivity index (χ0v) is 19.6. The minimum atomic E-state index is -1.54. The zero-order chi connectivity index (χ0) is 22.3. The highest BCUT2D eigenvalue weighted by molar-refractivity contribution is 6.67. The Hall–Kier alpha value is -2.15. The number of fused-ring (bicyclic) bond motifs is 3. The van der Waals surface area contributed by atoms with Gasteiger partial charge in [0.2, 0.25) is 3.79 Å². The van der Waals surface area contributed by atoms with Gasteiger partial charge in [-0.05, 0) is 61.9 Å². The number of amides is 2. The Morgan fingerprint density at radius 3 is 2.66 bits per heavy atom. The fourth-order valence-corrected chi connectivity index (χ4v) is 5.54. The molecule has 3 aromatic rings. The number of nitrogens with zero attached hydrogens (tertiary/aromatic N) is 2. The molecule has 2 amide bonds. The van der Waals surface area contributed by atoms with Crippen molar-refractivity contribution in [3.05, 3.63) is 53.7 Å². The van der Waals surface area contributed by atoms with Gasteiger partial charge in [-0.25, -0.2) is 4.79 Å². The van der Waals surface area contributed by atoms with Gasteiger partial charge in [0.1, 0.15) is 0 Å². The largest absolute Gasteiger partial charge is 0.365 e. The number of carbonyl (C=O) groups is 1. The van der Waals surface area contributed by atoms with E-state index in [1.165, 1.54) is 32.1 Å². The summed E-state index contributed by atoms with van der Waals surface area (Å²) in [4.78, 5) is 15.0. The molecule has 32 heavy (non-hydrogen) atoms. The Bertz CT molecular complexity index is 1130. The second kappa shape index (κ2) is 8.65. The van der Waals surface area contributed by atoms with E-state index in [0.717, 1.165) is 22.2 Å². The fraction of sp³-hybridized carbons (Fsp3) is 0.391. The molecule has 3 heterocycles. The van der Waals surface area contributed by atoms with Crippen LogP contribution in [0.1, 0.15) is 43.2 Å². The van der Waals surface area contributed by atoms with Crippen LogP contribution in [-0.4, -0.2) is 28.3 Å². The van der Waals surface area contributed by atoms with Gasteiger partial charge in [-0.1, -0.05) is 46.9 Å². The molecule has 3 N–H and O–H groups in total. The van der Waals surface area contributed by atoms with Crippen LogP contribution < -0.4 is 15.5 Å². The lowest BCUT2D eigenvalue weighted by molar-refractivity contribution is 0.252. The summed E-state index contributed by atoms with van der Waals surface area (Å²) in [6.07, 6.45) is 7.70. The number of carbonyl (C=O) groups excluding carboxylic acids is 1. The van der Waals surface area contributed by atoms with Gasteiger partial charge in [-0.2, -0.15) is 5.10 Å². The maximum Gasteiger partial charge on any atom is 0.319 e. The summed E-state index contributed by atoms with van der Waals surface area (Å²) in [7, 11) is 0. The molecule has 2 fully saturated rings. The van der Waals surface area contributed by atoms with E-state index in [1.54, 1.807) is 6.20 Å². The number of alkyl halides is 3. The van der Waals surface area contributed by atoms with Crippen molar-refractivity contribution < 1.29 is 4.79 Å². The first-order valence-electron chi connectivity index (χ1n) is 10.9. The molecule has 168 valence electrons. The molecule has 5 rings (SSSR count). The predicted octanol–water partition coefficient (Wildman–Crippen LogP) is 6.23. The average molecular weight is 493 g/mol. The maximum atomic E-state index is 12.5. The lowest BCUT2D eigenvalue weighted by Crippen LogP contribution is -2.40. The van der Waals surface area contributed by atoms with Gasteiger partial charge in [-0.3, -0.25) is 5.10 Å². The van der Waals surface area contributed by atoms with Crippen LogP contribution in [0.15, 0.2) is 42.6 Å². The van der Waals surface area contributed by atoms with Crippen molar-refractivity contribution in [2.24, 2.45) is 0 Å². The van der Waals surface area contributed by atoms with Crippen LogP contribution in [0.4, 0.5) is 16.2 Å². The summed E-state index contributed by atoms with van der Waals surface area (Å²) in [6.45, 7) is 0.314. The molecule has 9 heteroatoms. The molecule has 0 saturated carbocycles. The summed E-state index contributed by atoms with van der Waals surface area (Å²) in [5.41, 5.74) is 4.08. The fourth-order valence-electron chi connectivity index (χ4n) is 5.08. The Morgan fingerprint density at radius 1 is 1.12 bits per heavy atom. The highest BCUT2D eigenvalue weighted by Gasteiger charge is 2.39. The molecular formula is C23H24Cl3N5O. The number of H-pyrrole nitrogens is 1.